The van der Waals surface area contributed by atoms with Crippen molar-refractivity contribution in [3.05, 3.63) is 95.7 Å². The Morgan fingerprint density at radius 1 is 0.623 bits per heavy atom. The van der Waals surface area contributed by atoms with Crippen LogP contribution in [0.25, 0.3) is 0 Å². The van der Waals surface area contributed by atoms with Crippen LogP contribution in [0.3, 0.4) is 0 Å². The summed E-state index contributed by atoms with van der Waals surface area (Å²) in [4.78, 5) is 2.39. The zero-order valence-electron chi connectivity index (χ0n) is 32.5. The number of halogens is 1. The summed E-state index contributed by atoms with van der Waals surface area (Å²) in [5.41, 5.74) is 12.8. The number of allylic oxidation sites excluding steroid dienone is 6. The van der Waals surface area contributed by atoms with Crippen molar-refractivity contribution in [3.63, 3.8) is 0 Å². The number of ether oxygens (including phenoxy) is 7. The smallest absolute Gasteiger partial charge is 0.209 e. The number of rotatable bonds is 26. The SMILES string of the molecule is COCCOCCOCCOCC[N+]1=C(/C=C/C=C/C=C2/N(CCOCCOCCOCCN)c3ccccc3C2(C)C)C(C)(C)c2ccccc21.[Cl-]. The van der Waals surface area contributed by atoms with Gasteiger partial charge in [0.05, 0.1) is 84.7 Å². The fourth-order valence-corrected chi connectivity index (χ4v) is 6.74. The summed E-state index contributed by atoms with van der Waals surface area (Å²) < 4.78 is 41.4. The maximum Gasteiger partial charge on any atom is 0.209 e. The molecule has 2 aliphatic heterocycles. The van der Waals surface area contributed by atoms with Crippen molar-refractivity contribution in [3.8, 4) is 0 Å². The van der Waals surface area contributed by atoms with E-state index in [1.165, 1.54) is 33.9 Å². The fourth-order valence-electron chi connectivity index (χ4n) is 6.74. The van der Waals surface area contributed by atoms with Gasteiger partial charge in [0.25, 0.3) is 0 Å². The average Bonchev–Trinajstić information content (AvgIpc) is 3.49. The van der Waals surface area contributed by atoms with Crippen LogP contribution in [0.1, 0.15) is 38.8 Å². The van der Waals surface area contributed by atoms with Crippen molar-refractivity contribution >= 4 is 17.1 Å². The number of anilines is 1. The molecule has 4 rings (SSSR count). The number of nitrogens with zero attached hydrogens (tertiary/aromatic N) is 2. The second kappa shape index (κ2) is 23.8. The largest absolute Gasteiger partial charge is 1.00 e. The van der Waals surface area contributed by atoms with Gasteiger partial charge >= 0.3 is 0 Å². The minimum Gasteiger partial charge on any atom is -1.00 e. The van der Waals surface area contributed by atoms with E-state index >= 15 is 0 Å². The molecule has 2 aromatic rings. The van der Waals surface area contributed by atoms with Crippen LogP contribution >= 0.6 is 0 Å². The molecule has 0 amide bonds. The van der Waals surface area contributed by atoms with Gasteiger partial charge in [-0.2, -0.15) is 4.58 Å². The second-order valence-electron chi connectivity index (χ2n) is 13.7. The van der Waals surface area contributed by atoms with E-state index in [1.54, 1.807) is 7.11 Å². The second-order valence-corrected chi connectivity index (χ2v) is 13.7. The van der Waals surface area contributed by atoms with Crippen molar-refractivity contribution in [2.24, 2.45) is 5.73 Å². The molecule has 2 N–H and O–H groups in total. The van der Waals surface area contributed by atoms with E-state index < -0.39 is 0 Å². The Morgan fingerprint density at radius 3 is 1.81 bits per heavy atom. The van der Waals surface area contributed by atoms with Crippen LogP contribution in [0, 0.1) is 0 Å². The molecule has 0 aromatic heterocycles. The molecule has 0 radical (unpaired) electrons. The Balaban J connectivity index is 0.00000756. The predicted molar refractivity (Wildman–Crippen MR) is 208 cm³/mol. The molecule has 294 valence electrons. The molecule has 2 aromatic carbocycles. The van der Waals surface area contributed by atoms with Crippen LogP contribution in [0.15, 0.2) is 84.6 Å². The number of para-hydroxylation sites is 2. The Kier molecular flexibility index (Phi) is 20.0. The predicted octanol–water partition coefficient (Wildman–Crippen LogP) is 2.57. The highest BCUT2D eigenvalue weighted by Crippen LogP contribution is 2.47. The highest BCUT2D eigenvalue weighted by Gasteiger charge is 2.44. The first kappa shape index (κ1) is 44.5. The molecule has 0 saturated carbocycles. The molecule has 11 heteroatoms. The molecule has 53 heavy (non-hydrogen) atoms. The highest BCUT2D eigenvalue weighted by atomic mass is 35.5. The van der Waals surface area contributed by atoms with Gasteiger partial charge in [-0.05, 0) is 31.6 Å². The Morgan fingerprint density at radius 2 is 1.17 bits per heavy atom. The van der Waals surface area contributed by atoms with Gasteiger partial charge in [-0.15, -0.1) is 0 Å². The van der Waals surface area contributed by atoms with Gasteiger partial charge in [0.1, 0.15) is 6.61 Å². The first-order valence-electron chi connectivity index (χ1n) is 18.7. The molecule has 0 spiro atoms. The summed E-state index contributed by atoms with van der Waals surface area (Å²) in [5.74, 6) is 0. The van der Waals surface area contributed by atoms with Crippen LogP contribution in [-0.4, -0.2) is 123 Å². The maximum atomic E-state index is 5.98. The summed E-state index contributed by atoms with van der Waals surface area (Å²) in [7, 11) is 1.67. The zero-order chi connectivity index (χ0) is 37.1. The van der Waals surface area contributed by atoms with Crippen molar-refractivity contribution < 1.29 is 50.1 Å². The molecule has 2 heterocycles. The Labute approximate surface area is 324 Å². The van der Waals surface area contributed by atoms with Gasteiger partial charge in [-0.1, -0.05) is 68.5 Å². The number of hydrogen-bond acceptors (Lipinski definition) is 9. The number of nitrogens with two attached hydrogens (primary N) is 1. The molecular weight excluding hydrogens is 694 g/mol. The minimum atomic E-state index is -0.138. The third-order valence-electron chi connectivity index (χ3n) is 9.43. The molecule has 2 aliphatic rings. The maximum absolute atomic E-state index is 5.98. The Hall–Kier alpha value is -2.90. The summed E-state index contributed by atoms with van der Waals surface area (Å²) >= 11 is 0. The molecule has 0 unspecified atom stereocenters. The molecule has 0 saturated heterocycles. The standard InChI is InChI=1S/C42H62N3O7.ClH/c1-41(2)35-13-9-11-15-37(35)44(20-23-48-28-31-51-30-27-47-22-19-43)39(41)17-7-6-8-18-40-42(3,4)36-14-10-12-16-38(36)45(40)21-24-49-29-32-52-34-33-50-26-25-46-5;/h6-18H,19-34,43H2,1-5H3;1H/q+1;/p-1. The first-order chi connectivity index (χ1) is 25.3. The van der Waals surface area contributed by atoms with Crippen LogP contribution in [0.2, 0.25) is 0 Å². The number of benzene rings is 2. The van der Waals surface area contributed by atoms with Gasteiger partial charge in [0.2, 0.25) is 5.69 Å². The lowest BCUT2D eigenvalue weighted by molar-refractivity contribution is -0.442. The minimum absolute atomic E-state index is 0. The quantitative estimate of drug-likeness (QED) is 0.0884. The van der Waals surface area contributed by atoms with E-state index in [1.807, 2.05) is 0 Å². The van der Waals surface area contributed by atoms with E-state index in [9.17, 15) is 0 Å². The number of fused-ring (bicyclic) bond motifs is 2. The third kappa shape index (κ3) is 12.8. The van der Waals surface area contributed by atoms with E-state index in [2.05, 4.69) is 116 Å². The van der Waals surface area contributed by atoms with Crippen LogP contribution < -0.4 is 23.0 Å². The van der Waals surface area contributed by atoms with Crippen LogP contribution in [0.4, 0.5) is 11.4 Å². The number of hydrogen-bond donors (Lipinski definition) is 1. The first-order valence-corrected chi connectivity index (χ1v) is 18.7. The highest BCUT2D eigenvalue weighted by molar-refractivity contribution is 6.03. The summed E-state index contributed by atoms with van der Waals surface area (Å²) in [6.45, 7) is 18.5. The van der Waals surface area contributed by atoms with Crippen molar-refractivity contribution in [2.45, 2.75) is 38.5 Å². The fraction of sp³-hybridized carbons (Fsp3) is 0.548. The molecule has 10 nitrogen and oxygen atoms in total. The van der Waals surface area contributed by atoms with Crippen LogP contribution in [0.5, 0.6) is 0 Å². The van der Waals surface area contributed by atoms with Gasteiger partial charge in [-0.25, -0.2) is 0 Å². The van der Waals surface area contributed by atoms with Crippen molar-refractivity contribution in [2.75, 3.05) is 118 Å². The van der Waals surface area contributed by atoms with Crippen molar-refractivity contribution in [1.29, 1.82) is 0 Å². The topological polar surface area (TPSA) is 96.9 Å². The third-order valence-corrected chi connectivity index (χ3v) is 9.43. The van der Waals surface area contributed by atoms with E-state index in [0.717, 1.165) is 13.1 Å². The monoisotopic (exact) mass is 755 g/mol. The van der Waals surface area contributed by atoms with Crippen LogP contribution in [-0.2, 0) is 44.0 Å². The molecular formula is C42H62ClN3O7. The number of methoxy groups -OCH3 is 1. The normalized spacial score (nSPS) is 16.6. The van der Waals surface area contributed by atoms with Gasteiger partial charge < -0.3 is 56.2 Å². The average molecular weight is 756 g/mol. The van der Waals surface area contributed by atoms with Gasteiger partial charge in [-0.3, -0.25) is 0 Å². The lowest BCUT2D eigenvalue weighted by atomic mass is 9.81. The zero-order valence-corrected chi connectivity index (χ0v) is 33.3. The van der Waals surface area contributed by atoms with E-state index in [4.69, 9.17) is 38.9 Å². The molecule has 0 fully saturated rings. The summed E-state index contributed by atoms with van der Waals surface area (Å²) in [6.07, 6.45) is 10.9. The summed E-state index contributed by atoms with van der Waals surface area (Å²) in [5, 5.41) is 0. The molecule has 0 aliphatic carbocycles. The lowest BCUT2D eigenvalue weighted by Crippen LogP contribution is -3.00. The summed E-state index contributed by atoms with van der Waals surface area (Å²) in [6, 6.07) is 17.3. The van der Waals surface area contributed by atoms with E-state index in [0.29, 0.717) is 92.4 Å². The van der Waals surface area contributed by atoms with E-state index in [-0.39, 0.29) is 23.2 Å². The van der Waals surface area contributed by atoms with Gasteiger partial charge in [0, 0.05) is 54.7 Å². The molecule has 0 atom stereocenters. The van der Waals surface area contributed by atoms with Gasteiger partial charge in [0.15, 0.2) is 12.3 Å². The Bertz CT molecular complexity index is 1490. The molecule has 0 bridgehead atoms. The van der Waals surface area contributed by atoms with Crippen molar-refractivity contribution in [1.82, 2.24) is 0 Å². The lowest BCUT2D eigenvalue weighted by Gasteiger charge is -2.27.